The molecular weight excluding hydrogens is 236 g/mol. The van der Waals surface area contributed by atoms with Gasteiger partial charge in [-0.1, -0.05) is 17.7 Å². The predicted octanol–water partition coefficient (Wildman–Crippen LogP) is 1.93. The fourth-order valence-electron chi connectivity index (χ4n) is 2.12. The molecule has 2 rings (SSSR count). The molecule has 17 heavy (non-hydrogen) atoms. The summed E-state index contributed by atoms with van der Waals surface area (Å²) >= 11 is 0. The van der Waals surface area contributed by atoms with Gasteiger partial charge >= 0.3 is 0 Å². The molecule has 0 atom stereocenters. The maximum absolute atomic E-state index is 12.0. The summed E-state index contributed by atoms with van der Waals surface area (Å²) in [5.74, 6) is 0.568. The standard InChI is InChI=1S/C13H18O3S/c1-10-2-4-13(5-3-10)17(15,16)7-6-11-8-12(14)9-11/h2-5,11-12,14H,6-9H2,1H3. The molecule has 1 saturated carbocycles. The second-order valence-corrected chi connectivity index (χ2v) is 7.02. The van der Waals surface area contributed by atoms with Crippen LogP contribution in [0.15, 0.2) is 29.2 Å². The molecule has 1 N–H and O–H groups in total. The van der Waals surface area contributed by atoms with Gasteiger partial charge in [0.05, 0.1) is 16.8 Å². The molecule has 0 unspecified atom stereocenters. The van der Waals surface area contributed by atoms with Crippen LogP contribution < -0.4 is 0 Å². The van der Waals surface area contributed by atoms with Crippen LogP contribution >= 0.6 is 0 Å². The van der Waals surface area contributed by atoms with Gasteiger partial charge < -0.3 is 5.11 Å². The topological polar surface area (TPSA) is 54.4 Å². The number of aryl methyl sites for hydroxylation is 1. The van der Waals surface area contributed by atoms with Gasteiger partial charge in [-0.05, 0) is 44.2 Å². The second-order valence-electron chi connectivity index (χ2n) is 4.91. The summed E-state index contributed by atoms with van der Waals surface area (Å²) in [7, 11) is -3.15. The van der Waals surface area contributed by atoms with Crippen molar-refractivity contribution in [3.05, 3.63) is 29.8 Å². The van der Waals surface area contributed by atoms with Crippen molar-refractivity contribution < 1.29 is 13.5 Å². The minimum absolute atomic E-state index is 0.188. The minimum Gasteiger partial charge on any atom is -0.393 e. The van der Waals surface area contributed by atoms with E-state index >= 15 is 0 Å². The molecule has 1 aliphatic rings. The van der Waals surface area contributed by atoms with Crippen LogP contribution in [0.25, 0.3) is 0 Å². The summed E-state index contributed by atoms with van der Waals surface area (Å²) in [4.78, 5) is 0.406. The van der Waals surface area contributed by atoms with Crippen molar-refractivity contribution in [1.82, 2.24) is 0 Å². The minimum atomic E-state index is -3.15. The highest BCUT2D eigenvalue weighted by Crippen LogP contribution is 2.31. The zero-order valence-corrected chi connectivity index (χ0v) is 10.8. The lowest BCUT2D eigenvalue weighted by atomic mass is 9.81. The Hall–Kier alpha value is -0.870. The van der Waals surface area contributed by atoms with E-state index in [1.165, 1.54) is 0 Å². The summed E-state index contributed by atoms with van der Waals surface area (Å²) in [6.07, 6.45) is 1.96. The van der Waals surface area contributed by atoms with Crippen molar-refractivity contribution in [3.8, 4) is 0 Å². The van der Waals surface area contributed by atoms with E-state index in [2.05, 4.69) is 0 Å². The molecule has 1 aliphatic carbocycles. The molecule has 94 valence electrons. The van der Waals surface area contributed by atoms with Crippen molar-refractivity contribution in [2.45, 2.75) is 37.2 Å². The zero-order valence-electron chi connectivity index (χ0n) is 9.96. The molecule has 0 aromatic heterocycles. The molecule has 1 aromatic rings. The molecule has 0 heterocycles. The molecule has 0 aliphatic heterocycles. The van der Waals surface area contributed by atoms with E-state index in [1.54, 1.807) is 12.1 Å². The van der Waals surface area contributed by atoms with E-state index in [9.17, 15) is 8.42 Å². The van der Waals surface area contributed by atoms with Crippen LogP contribution in [-0.2, 0) is 9.84 Å². The lowest BCUT2D eigenvalue weighted by Gasteiger charge is -2.31. The molecular formula is C13H18O3S. The molecule has 0 amide bonds. The molecule has 4 heteroatoms. The third-order valence-electron chi connectivity index (χ3n) is 3.39. The van der Waals surface area contributed by atoms with E-state index in [0.717, 1.165) is 18.4 Å². The number of sulfone groups is 1. The van der Waals surface area contributed by atoms with Gasteiger partial charge in [-0.25, -0.2) is 8.42 Å². The summed E-state index contributed by atoms with van der Waals surface area (Å²) in [5.41, 5.74) is 1.06. The Morgan fingerprint density at radius 1 is 1.24 bits per heavy atom. The molecule has 1 fully saturated rings. The maximum Gasteiger partial charge on any atom is 0.178 e. The summed E-state index contributed by atoms with van der Waals surface area (Å²) in [5, 5.41) is 9.15. The molecule has 1 aromatic carbocycles. The third kappa shape index (κ3) is 3.07. The fraction of sp³-hybridized carbons (Fsp3) is 0.538. The van der Waals surface area contributed by atoms with Crippen molar-refractivity contribution in [1.29, 1.82) is 0 Å². The number of aliphatic hydroxyl groups is 1. The highest BCUT2D eigenvalue weighted by Gasteiger charge is 2.28. The van der Waals surface area contributed by atoms with Crippen LogP contribution in [0.3, 0.4) is 0 Å². The van der Waals surface area contributed by atoms with Gasteiger partial charge in [-0.3, -0.25) is 0 Å². The highest BCUT2D eigenvalue weighted by molar-refractivity contribution is 7.91. The van der Waals surface area contributed by atoms with Crippen molar-refractivity contribution in [2.75, 3.05) is 5.75 Å². The molecule has 3 nitrogen and oxygen atoms in total. The fourth-order valence-corrected chi connectivity index (χ4v) is 3.55. The van der Waals surface area contributed by atoms with Crippen molar-refractivity contribution in [2.24, 2.45) is 5.92 Å². The third-order valence-corrected chi connectivity index (χ3v) is 5.15. The molecule has 0 radical (unpaired) electrons. The first-order valence-electron chi connectivity index (χ1n) is 5.95. The van der Waals surface area contributed by atoms with Gasteiger partial charge in [0.25, 0.3) is 0 Å². The second kappa shape index (κ2) is 4.78. The maximum atomic E-state index is 12.0. The number of rotatable bonds is 4. The molecule has 0 spiro atoms. The monoisotopic (exact) mass is 254 g/mol. The van der Waals surface area contributed by atoms with E-state index in [0.29, 0.717) is 17.2 Å². The number of benzene rings is 1. The largest absolute Gasteiger partial charge is 0.393 e. The van der Waals surface area contributed by atoms with E-state index in [-0.39, 0.29) is 11.9 Å². The summed E-state index contributed by atoms with van der Waals surface area (Å²) < 4.78 is 24.0. The number of aliphatic hydroxyl groups excluding tert-OH is 1. The number of hydrogen-bond acceptors (Lipinski definition) is 3. The van der Waals surface area contributed by atoms with Crippen molar-refractivity contribution >= 4 is 9.84 Å². The number of hydrogen-bond donors (Lipinski definition) is 1. The lowest BCUT2D eigenvalue weighted by Crippen LogP contribution is -2.29. The Morgan fingerprint density at radius 2 is 1.82 bits per heavy atom. The Balaban J connectivity index is 1.96. The summed E-state index contributed by atoms with van der Waals surface area (Å²) in [6, 6.07) is 6.97. The SMILES string of the molecule is Cc1ccc(S(=O)(=O)CCC2CC(O)C2)cc1. The van der Waals surface area contributed by atoms with E-state index < -0.39 is 9.84 Å². The van der Waals surface area contributed by atoms with Gasteiger partial charge in [-0.2, -0.15) is 0 Å². The Morgan fingerprint density at radius 3 is 2.35 bits per heavy atom. The van der Waals surface area contributed by atoms with Crippen LogP contribution in [0, 0.1) is 12.8 Å². The highest BCUT2D eigenvalue weighted by atomic mass is 32.2. The van der Waals surface area contributed by atoms with Gasteiger partial charge in [0.15, 0.2) is 9.84 Å². The van der Waals surface area contributed by atoms with Gasteiger partial charge in [0.2, 0.25) is 0 Å². The van der Waals surface area contributed by atoms with E-state index in [4.69, 9.17) is 5.11 Å². The van der Waals surface area contributed by atoms with Gasteiger partial charge in [0.1, 0.15) is 0 Å². The first-order valence-corrected chi connectivity index (χ1v) is 7.60. The van der Waals surface area contributed by atoms with E-state index in [1.807, 2.05) is 19.1 Å². The first-order chi connectivity index (χ1) is 7.97. The van der Waals surface area contributed by atoms with Gasteiger partial charge in [0, 0.05) is 0 Å². The lowest BCUT2D eigenvalue weighted by molar-refractivity contribution is 0.0417. The zero-order chi connectivity index (χ0) is 12.5. The van der Waals surface area contributed by atoms with Crippen LogP contribution in [0.1, 0.15) is 24.8 Å². The normalized spacial score (nSPS) is 24.4. The Bertz CT molecular complexity index is 470. The van der Waals surface area contributed by atoms with Gasteiger partial charge in [-0.15, -0.1) is 0 Å². The average molecular weight is 254 g/mol. The smallest absolute Gasteiger partial charge is 0.178 e. The Labute approximate surface area is 102 Å². The first kappa shape index (κ1) is 12.6. The van der Waals surface area contributed by atoms with Crippen molar-refractivity contribution in [3.63, 3.8) is 0 Å². The predicted molar refractivity (Wildman–Crippen MR) is 66.6 cm³/mol. The van der Waals surface area contributed by atoms with Crippen LogP contribution in [0.2, 0.25) is 0 Å². The molecule has 0 bridgehead atoms. The van der Waals surface area contributed by atoms with Crippen LogP contribution in [-0.4, -0.2) is 25.4 Å². The van der Waals surface area contributed by atoms with Crippen LogP contribution in [0.4, 0.5) is 0 Å². The summed E-state index contributed by atoms with van der Waals surface area (Å²) in [6.45, 7) is 1.94. The van der Waals surface area contributed by atoms with Crippen LogP contribution in [0.5, 0.6) is 0 Å². The average Bonchev–Trinajstić information content (AvgIpc) is 2.23. The Kier molecular flexibility index (Phi) is 3.54. The molecule has 0 saturated heterocycles. The quantitative estimate of drug-likeness (QED) is 0.893.